The molecule has 1 amide bonds. The van der Waals surface area contributed by atoms with E-state index < -0.39 is 0 Å². The van der Waals surface area contributed by atoms with Gasteiger partial charge in [-0.25, -0.2) is 9.61 Å². The SMILES string of the molecule is Nc1nonc1C(=O)N1CCN(c2ccc(Br)cn2)CC1. The van der Waals surface area contributed by atoms with Gasteiger partial charge in [-0.3, -0.25) is 4.79 Å². The minimum absolute atomic E-state index is 0.0250. The number of hydrogen-bond acceptors (Lipinski definition) is 7. The van der Waals surface area contributed by atoms with Gasteiger partial charge in [-0.05, 0) is 38.4 Å². The Morgan fingerprint density at radius 2 is 2.00 bits per heavy atom. The van der Waals surface area contributed by atoms with Crippen LogP contribution in [0.1, 0.15) is 10.5 Å². The maximum Gasteiger partial charge on any atom is 0.280 e. The van der Waals surface area contributed by atoms with Crippen LogP contribution < -0.4 is 10.6 Å². The number of nitrogen functional groups attached to an aromatic ring is 1. The number of carbonyl (C=O) groups is 1. The molecule has 0 bridgehead atoms. The lowest BCUT2D eigenvalue weighted by molar-refractivity contribution is 0.0736. The van der Waals surface area contributed by atoms with E-state index in [-0.39, 0.29) is 17.4 Å². The molecule has 1 aliphatic rings. The summed E-state index contributed by atoms with van der Waals surface area (Å²) >= 11 is 3.36. The van der Waals surface area contributed by atoms with Gasteiger partial charge in [-0.15, -0.1) is 0 Å². The van der Waals surface area contributed by atoms with E-state index in [1.54, 1.807) is 11.1 Å². The second-order valence-corrected chi connectivity index (χ2v) is 5.53. The fourth-order valence-corrected chi connectivity index (χ4v) is 2.42. The van der Waals surface area contributed by atoms with E-state index in [2.05, 4.69) is 40.8 Å². The molecule has 0 aliphatic carbocycles. The molecule has 0 radical (unpaired) electrons. The Morgan fingerprint density at radius 1 is 1.24 bits per heavy atom. The van der Waals surface area contributed by atoms with Crippen LogP contribution in [-0.4, -0.2) is 52.3 Å². The second-order valence-electron chi connectivity index (χ2n) is 4.61. The zero-order chi connectivity index (χ0) is 14.8. The van der Waals surface area contributed by atoms with E-state index in [9.17, 15) is 4.79 Å². The minimum atomic E-state index is -0.253. The highest BCUT2D eigenvalue weighted by molar-refractivity contribution is 9.10. The summed E-state index contributed by atoms with van der Waals surface area (Å²) in [6, 6.07) is 3.89. The van der Waals surface area contributed by atoms with Crippen LogP contribution in [0.15, 0.2) is 27.4 Å². The average molecular weight is 353 g/mol. The maximum atomic E-state index is 12.2. The molecule has 8 nitrogen and oxygen atoms in total. The quantitative estimate of drug-likeness (QED) is 0.851. The first-order chi connectivity index (χ1) is 10.1. The van der Waals surface area contributed by atoms with Gasteiger partial charge in [0.05, 0.1) is 0 Å². The van der Waals surface area contributed by atoms with Crippen molar-refractivity contribution in [2.75, 3.05) is 36.8 Å². The number of anilines is 2. The maximum absolute atomic E-state index is 12.2. The Labute approximate surface area is 129 Å². The summed E-state index contributed by atoms with van der Waals surface area (Å²) in [7, 11) is 0. The molecule has 21 heavy (non-hydrogen) atoms. The van der Waals surface area contributed by atoms with Crippen LogP contribution in [0, 0.1) is 0 Å². The Morgan fingerprint density at radius 3 is 2.57 bits per heavy atom. The summed E-state index contributed by atoms with van der Waals surface area (Å²) in [4.78, 5) is 20.4. The summed E-state index contributed by atoms with van der Waals surface area (Å²) in [5.41, 5.74) is 5.62. The molecule has 1 fully saturated rings. The molecular formula is C12H13BrN6O2. The number of carbonyl (C=O) groups excluding carboxylic acids is 1. The Bertz CT molecular complexity index is 635. The molecule has 0 saturated carbocycles. The van der Waals surface area contributed by atoms with Gasteiger partial charge in [-0.2, -0.15) is 0 Å². The molecule has 3 heterocycles. The largest absolute Gasteiger partial charge is 0.379 e. The molecule has 2 aromatic rings. The predicted octanol–water partition coefficient (Wildman–Crippen LogP) is 0.772. The van der Waals surface area contributed by atoms with Gasteiger partial charge in [0.25, 0.3) is 5.91 Å². The Hall–Kier alpha value is -2.16. The first kappa shape index (κ1) is 13.8. The number of hydrogen-bond donors (Lipinski definition) is 1. The highest BCUT2D eigenvalue weighted by atomic mass is 79.9. The van der Waals surface area contributed by atoms with Crippen LogP contribution in [0.3, 0.4) is 0 Å². The van der Waals surface area contributed by atoms with Crippen LogP contribution >= 0.6 is 15.9 Å². The minimum Gasteiger partial charge on any atom is -0.379 e. The lowest BCUT2D eigenvalue weighted by Gasteiger charge is -2.35. The van der Waals surface area contributed by atoms with Crippen molar-refractivity contribution in [2.45, 2.75) is 0 Å². The van der Waals surface area contributed by atoms with Crippen molar-refractivity contribution in [3.05, 3.63) is 28.5 Å². The Balaban J connectivity index is 1.64. The van der Waals surface area contributed by atoms with Crippen LogP contribution in [0.2, 0.25) is 0 Å². The molecule has 0 unspecified atom stereocenters. The van der Waals surface area contributed by atoms with Crippen molar-refractivity contribution in [1.29, 1.82) is 0 Å². The summed E-state index contributed by atoms with van der Waals surface area (Å²) in [6.45, 7) is 2.54. The third kappa shape index (κ3) is 2.82. The molecule has 0 aromatic carbocycles. The molecule has 2 N–H and O–H groups in total. The Kier molecular flexibility index (Phi) is 3.74. The zero-order valence-electron chi connectivity index (χ0n) is 11.1. The molecule has 0 spiro atoms. The standard InChI is InChI=1S/C12H13BrN6O2/c13-8-1-2-9(15-7-8)18-3-5-19(6-4-18)12(20)10-11(14)17-21-16-10/h1-2,7H,3-6H2,(H2,14,17). The molecular weight excluding hydrogens is 340 g/mol. The molecule has 1 saturated heterocycles. The average Bonchev–Trinajstić information content (AvgIpc) is 2.94. The topological polar surface area (TPSA) is 101 Å². The second kappa shape index (κ2) is 5.68. The number of nitrogens with zero attached hydrogens (tertiary/aromatic N) is 5. The number of pyridine rings is 1. The monoisotopic (exact) mass is 352 g/mol. The predicted molar refractivity (Wildman–Crippen MR) is 78.8 cm³/mol. The summed E-state index contributed by atoms with van der Waals surface area (Å²) in [6.07, 6.45) is 1.76. The molecule has 3 rings (SSSR count). The van der Waals surface area contributed by atoms with Crippen LogP contribution in [0.4, 0.5) is 11.6 Å². The lowest BCUT2D eigenvalue weighted by atomic mass is 10.2. The summed E-state index contributed by atoms with van der Waals surface area (Å²) < 4.78 is 5.40. The van der Waals surface area contributed by atoms with Crippen LogP contribution in [-0.2, 0) is 0 Å². The highest BCUT2D eigenvalue weighted by Crippen LogP contribution is 2.17. The van der Waals surface area contributed by atoms with Crippen molar-refractivity contribution in [2.24, 2.45) is 0 Å². The van der Waals surface area contributed by atoms with Gasteiger partial charge in [0.15, 0.2) is 0 Å². The van der Waals surface area contributed by atoms with E-state index in [1.807, 2.05) is 12.1 Å². The zero-order valence-corrected chi connectivity index (χ0v) is 12.7. The lowest BCUT2D eigenvalue weighted by Crippen LogP contribution is -2.49. The molecule has 2 aromatic heterocycles. The van der Waals surface area contributed by atoms with Crippen molar-refractivity contribution in [1.82, 2.24) is 20.2 Å². The number of halogens is 1. The van der Waals surface area contributed by atoms with Gasteiger partial charge in [0.1, 0.15) is 5.82 Å². The third-order valence-corrected chi connectivity index (χ3v) is 3.79. The third-order valence-electron chi connectivity index (χ3n) is 3.32. The van der Waals surface area contributed by atoms with Gasteiger partial charge in [0.2, 0.25) is 11.5 Å². The first-order valence-corrected chi connectivity index (χ1v) is 7.18. The summed E-state index contributed by atoms with van der Waals surface area (Å²) in [5.74, 6) is 0.669. The number of nitrogens with two attached hydrogens (primary N) is 1. The number of piperazine rings is 1. The highest BCUT2D eigenvalue weighted by Gasteiger charge is 2.26. The molecule has 0 atom stereocenters. The van der Waals surface area contributed by atoms with Crippen LogP contribution in [0.5, 0.6) is 0 Å². The van der Waals surface area contributed by atoms with Crippen molar-refractivity contribution in [3.63, 3.8) is 0 Å². The van der Waals surface area contributed by atoms with Crippen molar-refractivity contribution < 1.29 is 9.42 Å². The normalized spacial score (nSPS) is 15.3. The summed E-state index contributed by atoms with van der Waals surface area (Å²) in [5, 5.41) is 6.97. The van der Waals surface area contributed by atoms with Crippen molar-refractivity contribution >= 4 is 33.5 Å². The van der Waals surface area contributed by atoms with Crippen molar-refractivity contribution in [3.8, 4) is 0 Å². The number of rotatable bonds is 2. The fourth-order valence-electron chi connectivity index (χ4n) is 2.19. The van der Waals surface area contributed by atoms with E-state index >= 15 is 0 Å². The van der Waals surface area contributed by atoms with Gasteiger partial charge in [0, 0.05) is 36.8 Å². The molecule has 110 valence electrons. The van der Waals surface area contributed by atoms with Gasteiger partial charge >= 0.3 is 0 Å². The molecule has 1 aliphatic heterocycles. The van der Waals surface area contributed by atoms with Gasteiger partial charge in [-0.1, -0.05) is 0 Å². The number of aromatic nitrogens is 3. The first-order valence-electron chi connectivity index (χ1n) is 6.39. The van der Waals surface area contributed by atoms with Crippen LogP contribution in [0.25, 0.3) is 0 Å². The van der Waals surface area contributed by atoms with E-state index in [0.29, 0.717) is 26.2 Å². The smallest absolute Gasteiger partial charge is 0.280 e. The van der Waals surface area contributed by atoms with E-state index in [1.165, 1.54) is 0 Å². The van der Waals surface area contributed by atoms with E-state index in [4.69, 9.17) is 5.73 Å². The number of amides is 1. The molecule has 9 heteroatoms. The van der Waals surface area contributed by atoms with Gasteiger partial charge < -0.3 is 15.5 Å². The van der Waals surface area contributed by atoms with E-state index in [0.717, 1.165) is 10.3 Å². The fraction of sp³-hybridized carbons (Fsp3) is 0.333.